The summed E-state index contributed by atoms with van der Waals surface area (Å²) in [7, 11) is 1.47. The highest BCUT2D eigenvalue weighted by molar-refractivity contribution is 6.31. The van der Waals surface area contributed by atoms with Gasteiger partial charge >= 0.3 is 0 Å². The molecule has 0 fully saturated rings. The molecule has 4 aromatic rings. The van der Waals surface area contributed by atoms with Gasteiger partial charge in [0.05, 0.1) is 18.7 Å². The first-order valence-corrected chi connectivity index (χ1v) is 10.8. The third kappa shape index (κ3) is 3.50. The maximum Gasteiger partial charge on any atom is 0.294 e. The van der Waals surface area contributed by atoms with E-state index in [0.717, 1.165) is 5.56 Å². The molecule has 0 saturated carbocycles. The van der Waals surface area contributed by atoms with E-state index in [-0.39, 0.29) is 11.3 Å². The number of methoxy groups -OCH3 is 1. The monoisotopic (exact) mass is 474 g/mol. The molecule has 2 aromatic heterocycles. The number of furan rings is 1. The molecular weight excluding hydrogens is 456 g/mol. The Morgan fingerprint density at radius 3 is 2.62 bits per heavy atom. The normalized spacial score (nSPS) is 15.9. The molecule has 1 unspecified atom stereocenters. The molecule has 8 heteroatoms. The molecule has 1 N–H and O–H groups in total. The Morgan fingerprint density at radius 2 is 1.91 bits per heavy atom. The molecule has 0 bridgehead atoms. The number of aryl methyl sites for hydroxylation is 1. The van der Waals surface area contributed by atoms with Gasteiger partial charge in [-0.25, -0.2) is 0 Å². The largest absolute Gasteiger partial charge is 0.503 e. The summed E-state index contributed by atoms with van der Waals surface area (Å²) in [4.78, 5) is 32.4. The SMILES string of the molecule is COc1cc(Cl)cc2cc(C(=O)C3=C(O)C(=O)N(c4cccc(C)c4)C3c3ccncc3)oc12. The van der Waals surface area contributed by atoms with Crippen LogP contribution in [0.1, 0.15) is 27.7 Å². The fourth-order valence-electron chi connectivity index (χ4n) is 4.22. The number of hydrogen-bond acceptors (Lipinski definition) is 6. The number of halogens is 1. The summed E-state index contributed by atoms with van der Waals surface area (Å²) >= 11 is 6.15. The lowest BCUT2D eigenvalue weighted by Crippen LogP contribution is -2.31. The maximum atomic E-state index is 13.7. The summed E-state index contributed by atoms with van der Waals surface area (Å²) in [6, 6.07) is 14.6. The Balaban J connectivity index is 1.66. The first-order chi connectivity index (χ1) is 16.4. The number of aliphatic hydroxyl groups is 1. The van der Waals surface area contributed by atoms with Crippen LogP contribution in [-0.2, 0) is 4.79 Å². The number of Topliss-reactive ketones (excluding diaryl/α,β-unsaturated/α-hetero) is 1. The van der Waals surface area contributed by atoms with E-state index < -0.39 is 23.5 Å². The van der Waals surface area contributed by atoms with Crippen LogP contribution >= 0.6 is 11.6 Å². The van der Waals surface area contributed by atoms with E-state index in [4.69, 9.17) is 20.8 Å². The number of aliphatic hydroxyl groups excluding tert-OH is 1. The number of aromatic nitrogens is 1. The highest BCUT2D eigenvalue weighted by Gasteiger charge is 2.45. The number of benzene rings is 2. The van der Waals surface area contributed by atoms with E-state index in [0.29, 0.717) is 33.0 Å². The quantitative estimate of drug-likeness (QED) is 0.379. The van der Waals surface area contributed by atoms with Crippen LogP contribution < -0.4 is 9.64 Å². The average Bonchev–Trinajstić information content (AvgIpc) is 3.37. The molecule has 34 heavy (non-hydrogen) atoms. The van der Waals surface area contributed by atoms with Crippen LogP contribution in [0.15, 0.2) is 82.7 Å². The third-order valence-electron chi connectivity index (χ3n) is 5.75. The van der Waals surface area contributed by atoms with Crippen molar-refractivity contribution in [1.82, 2.24) is 4.98 Å². The minimum Gasteiger partial charge on any atom is -0.503 e. The van der Waals surface area contributed by atoms with Gasteiger partial charge in [-0.15, -0.1) is 0 Å². The van der Waals surface area contributed by atoms with Gasteiger partial charge in [0.2, 0.25) is 5.78 Å². The standard InChI is InChI=1S/C26H19ClN2O5/c1-14-4-3-5-18(10-14)29-22(15-6-8-28-9-7-15)21(24(31)26(29)32)23(30)19-12-16-11-17(27)13-20(33-2)25(16)34-19/h3-13,22,31H,1-2H3. The van der Waals surface area contributed by atoms with Crippen molar-refractivity contribution in [2.24, 2.45) is 0 Å². The highest BCUT2D eigenvalue weighted by Crippen LogP contribution is 2.43. The van der Waals surface area contributed by atoms with Gasteiger partial charge in [-0.05, 0) is 54.4 Å². The van der Waals surface area contributed by atoms with E-state index in [1.165, 1.54) is 18.1 Å². The number of carbonyl (C=O) groups is 2. The Bertz CT molecular complexity index is 1480. The van der Waals surface area contributed by atoms with Crippen LogP contribution in [0, 0.1) is 6.92 Å². The maximum absolute atomic E-state index is 13.7. The van der Waals surface area contributed by atoms with Gasteiger partial charge in [0.15, 0.2) is 22.9 Å². The molecule has 3 heterocycles. The molecule has 0 spiro atoms. The molecule has 5 rings (SSSR count). The Labute approximate surface area is 199 Å². The molecule has 0 radical (unpaired) electrons. The van der Waals surface area contributed by atoms with Crippen LogP contribution in [-0.4, -0.2) is 28.9 Å². The van der Waals surface area contributed by atoms with Gasteiger partial charge in [0.1, 0.15) is 0 Å². The molecule has 1 aliphatic rings. The van der Waals surface area contributed by atoms with Crippen LogP contribution in [0.3, 0.4) is 0 Å². The average molecular weight is 475 g/mol. The number of pyridine rings is 1. The Kier molecular flexibility index (Phi) is 5.34. The molecule has 1 aliphatic heterocycles. The number of anilines is 1. The lowest BCUT2D eigenvalue weighted by atomic mass is 9.95. The zero-order valence-electron chi connectivity index (χ0n) is 18.3. The number of fused-ring (bicyclic) bond motifs is 1. The Hall–Kier alpha value is -4.10. The van der Waals surface area contributed by atoms with Crippen LogP contribution in [0.25, 0.3) is 11.0 Å². The van der Waals surface area contributed by atoms with Crippen molar-refractivity contribution in [2.75, 3.05) is 12.0 Å². The molecule has 0 saturated heterocycles. The van der Waals surface area contributed by atoms with Crippen molar-refractivity contribution in [3.05, 3.63) is 100 Å². The second kappa shape index (κ2) is 8.35. The van der Waals surface area contributed by atoms with Gasteiger partial charge in [-0.2, -0.15) is 0 Å². The molecule has 2 aromatic carbocycles. The first kappa shape index (κ1) is 21.7. The van der Waals surface area contributed by atoms with Gasteiger partial charge in [-0.3, -0.25) is 19.5 Å². The minimum absolute atomic E-state index is 0.0462. The third-order valence-corrected chi connectivity index (χ3v) is 5.96. The number of nitrogens with zero attached hydrogens (tertiary/aromatic N) is 2. The van der Waals surface area contributed by atoms with Crippen molar-refractivity contribution in [3.63, 3.8) is 0 Å². The molecular formula is C26H19ClN2O5. The van der Waals surface area contributed by atoms with Crippen LogP contribution in [0.4, 0.5) is 5.69 Å². The smallest absolute Gasteiger partial charge is 0.294 e. The van der Waals surface area contributed by atoms with Gasteiger partial charge in [0, 0.05) is 34.6 Å². The van der Waals surface area contributed by atoms with Crippen LogP contribution in [0.2, 0.25) is 5.02 Å². The van der Waals surface area contributed by atoms with Crippen LogP contribution in [0.5, 0.6) is 5.75 Å². The second-order valence-electron chi connectivity index (χ2n) is 7.93. The minimum atomic E-state index is -0.872. The predicted molar refractivity (Wildman–Crippen MR) is 127 cm³/mol. The number of hydrogen-bond donors (Lipinski definition) is 1. The summed E-state index contributed by atoms with van der Waals surface area (Å²) in [5.74, 6) is -1.59. The van der Waals surface area contributed by atoms with E-state index in [9.17, 15) is 14.7 Å². The molecule has 170 valence electrons. The number of carbonyl (C=O) groups excluding carboxylic acids is 2. The van der Waals surface area contributed by atoms with Crippen molar-refractivity contribution >= 4 is 39.9 Å². The summed E-state index contributed by atoms with van der Waals surface area (Å²) in [6.07, 6.45) is 3.14. The fraction of sp³-hybridized carbons (Fsp3) is 0.115. The van der Waals surface area contributed by atoms with Crippen molar-refractivity contribution in [2.45, 2.75) is 13.0 Å². The molecule has 0 aliphatic carbocycles. The van der Waals surface area contributed by atoms with E-state index in [1.54, 1.807) is 42.7 Å². The van der Waals surface area contributed by atoms with E-state index in [1.807, 2.05) is 25.1 Å². The molecule has 1 amide bonds. The molecule has 1 atom stereocenters. The lowest BCUT2D eigenvalue weighted by molar-refractivity contribution is -0.117. The van der Waals surface area contributed by atoms with Gasteiger partial charge in [0.25, 0.3) is 5.91 Å². The highest BCUT2D eigenvalue weighted by atomic mass is 35.5. The first-order valence-electron chi connectivity index (χ1n) is 10.4. The van der Waals surface area contributed by atoms with Crippen molar-refractivity contribution in [1.29, 1.82) is 0 Å². The summed E-state index contributed by atoms with van der Waals surface area (Å²) in [6.45, 7) is 1.90. The van der Waals surface area contributed by atoms with Gasteiger partial charge < -0.3 is 14.3 Å². The summed E-state index contributed by atoms with van der Waals surface area (Å²) in [5.41, 5.74) is 2.37. The van der Waals surface area contributed by atoms with Crippen molar-refractivity contribution in [3.8, 4) is 5.75 Å². The second-order valence-corrected chi connectivity index (χ2v) is 8.36. The molecule has 7 nitrogen and oxygen atoms in total. The van der Waals surface area contributed by atoms with Crippen molar-refractivity contribution < 1.29 is 23.8 Å². The number of rotatable bonds is 5. The van der Waals surface area contributed by atoms with E-state index in [2.05, 4.69) is 4.98 Å². The fourth-order valence-corrected chi connectivity index (χ4v) is 4.44. The number of ketones is 1. The predicted octanol–water partition coefficient (Wildman–Crippen LogP) is 5.58. The number of amides is 1. The van der Waals surface area contributed by atoms with Gasteiger partial charge in [-0.1, -0.05) is 23.7 Å². The zero-order chi connectivity index (χ0) is 24.0. The summed E-state index contributed by atoms with van der Waals surface area (Å²) in [5, 5.41) is 11.9. The van der Waals surface area contributed by atoms with E-state index >= 15 is 0 Å². The zero-order valence-corrected chi connectivity index (χ0v) is 19.0. The topological polar surface area (TPSA) is 92.9 Å². The number of ether oxygens (including phenoxy) is 1. The lowest BCUT2D eigenvalue weighted by Gasteiger charge is -2.26. The Morgan fingerprint density at radius 1 is 1.15 bits per heavy atom. The summed E-state index contributed by atoms with van der Waals surface area (Å²) < 4.78 is 11.1.